The van der Waals surface area contributed by atoms with Crippen molar-refractivity contribution in [2.45, 2.75) is 13.8 Å². The molecule has 0 aliphatic carbocycles. The number of benzene rings is 3. The summed E-state index contributed by atoms with van der Waals surface area (Å²) in [5, 5.41) is 3.10. The molecule has 4 rings (SSSR count). The van der Waals surface area contributed by atoms with Gasteiger partial charge in [0.2, 0.25) is 0 Å². The second-order valence-corrected chi connectivity index (χ2v) is 8.04. The zero-order chi connectivity index (χ0) is 21.4. The number of amides is 2. The largest absolute Gasteiger partial charge is 0.350 e. The zero-order valence-electron chi connectivity index (χ0n) is 16.4. The predicted molar refractivity (Wildman–Crippen MR) is 119 cm³/mol. The van der Waals surface area contributed by atoms with Crippen LogP contribution in [-0.2, 0) is 9.59 Å². The standard InChI is InChI=1S/C24H18BrFN2O2/c1-14-6-11-20(15(2)12-14)28-23(29)21(16-7-9-18(26)10-8-16)22(24(28)30)27-19-5-3-4-17(25)13-19/h3-13,27H,1-2H3. The van der Waals surface area contributed by atoms with E-state index in [1.807, 2.05) is 44.2 Å². The minimum atomic E-state index is -0.453. The van der Waals surface area contributed by atoms with Crippen LogP contribution in [0.5, 0.6) is 0 Å². The number of aryl methyl sites for hydroxylation is 2. The van der Waals surface area contributed by atoms with Gasteiger partial charge in [0, 0.05) is 10.2 Å². The second-order valence-electron chi connectivity index (χ2n) is 7.13. The highest BCUT2D eigenvalue weighted by Crippen LogP contribution is 2.35. The van der Waals surface area contributed by atoms with Crippen molar-refractivity contribution < 1.29 is 14.0 Å². The van der Waals surface area contributed by atoms with E-state index in [4.69, 9.17) is 0 Å². The molecule has 0 spiro atoms. The van der Waals surface area contributed by atoms with E-state index in [0.717, 1.165) is 15.6 Å². The number of hydrogen-bond acceptors (Lipinski definition) is 3. The van der Waals surface area contributed by atoms with E-state index in [-0.39, 0.29) is 11.3 Å². The first-order valence-electron chi connectivity index (χ1n) is 9.34. The molecule has 0 radical (unpaired) electrons. The first kappa shape index (κ1) is 20.0. The van der Waals surface area contributed by atoms with Crippen LogP contribution in [-0.4, -0.2) is 11.8 Å². The van der Waals surface area contributed by atoms with E-state index in [2.05, 4.69) is 21.2 Å². The summed E-state index contributed by atoms with van der Waals surface area (Å²) in [7, 11) is 0. The van der Waals surface area contributed by atoms with Crippen LogP contribution in [0.4, 0.5) is 15.8 Å². The number of anilines is 2. The number of carbonyl (C=O) groups is 2. The number of carbonyl (C=O) groups excluding carboxylic acids is 2. The van der Waals surface area contributed by atoms with Crippen molar-refractivity contribution in [2.24, 2.45) is 0 Å². The topological polar surface area (TPSA) is 49.4 Å². The van der Waals surface area contributed by atoms with E-state index in [1.54, 1.807) is 12.1 Å². The number of nitrogens with zero attached hydrogens (tertiary/aromatic N) is 1. The maximum absolute atomic E-state index is 13.5. The summed E-state index contributed by atoms with van der Waals surface area (Å²) < 4.78 is 14.3. The molecule has 1 heterocycles. The highest BCUT2D eigenvalue weighted by Gasteiger charge is 2.40. The van der Waals surface area contributed by atoms with Gasteiger partial charge in [-0.3, -0.25) is 9.59 Å². The highest BCUT2D eigenvalue weighted by molar-refractivity contribution is 9.10. The number of rotatable bonds is 4. The maximum atomic E-state index is 13.5. The molecule has 3 aromatic rings. The molecule has 4 nitrogen and oxygen atoms in total. The van der Waals surface area contributed by atoms with E-state index in [9.17, 15) is 14.0 Å². The van der Waals surface area contributed by atoms with E-state index < -0.39 is 17.6 Å². The molecule has 30 heavy (non-hydrogen) atoms. The number of imide groups is 1. The van der Waals surface area contributed by atoms with Gasteiger partial charge in [0.1, 0.15) is 11.5 Å². The smallest absolute Gasteiger partial charge is 0.282 e. The molecule has 1 aliphatic rings. The molecule has 6 heteroatoms. The maximum Gasteiger partial charge on any atom is 0.282 e. The molecule has 0 aromatic heterocycles. The van der Waals surface area contributed by atoms with Gasteiger partial charge in [-0.1, -0.05) is 51.8 Å². The average Bonchev–Trinajstić information content (AvgIpc) is 2.93. The van der Waals surface area contributed by atoms with Gasteiger partial charge in [0.15, 0.2) is 0 Å². The Morgan fingerprint density at radius 3 is 2.30 bits per heavy atom. The summed E-state index contributed by atoms with van der Waals surface area (Å²) >= 11 is 3.41. The lowest BCUT2D eigenvalue weighted by atomic mass is 10.0. The third-order valence-corrected chi connectivity index (χ3v) is 5.40. The Bertz CT molecular complexity index is 1200. The fraction of sp³-hybridized carbons (Fsp3) is 0.0833. The second kappa shape index (κ2) is 7.88. The fourth-order valence-corrected chi connectivity index (χ4v) is 3.91. The Kier molecular flexibility index (Phi) is 5.26. The highest BCUT2D eigenvalue weighted by atomic mass is 79.9. The van der Waals surface area contributed by atoms with Gasteiger partial charge in [0.25, 0.3) is 11.8 Å². The normalized spacial score (nSPS) is 13.9. The van der Waals surface area contributed by atoms with Crippen molar-refractivity contribution in [1.82, 2.24) is 0 Å². The lowest BCUT2D eigenvalue weighted by Gasteiger charge is -2.18. The van der Waals surface area contributed by atoms with E-state index in [1.165, 1.54) is 29.2 Å². The zero-order valence-corrected chi connectivity index (χ0v) is 18.0. The van der Waals surface area contributed by atoms with Crippen LogP contribution < -0.4 is 10.2 Å². The van der Waals surface area contributed by atoms with Gasteiger partial charge in [-0.2, -0.15) is 0 Å². The summed E-state index contributed by atoms with van der Waals surface area (Å²) in [5.41, 5.74) is 3.88. The molecule has 3 aromatic carbocycles. The number of nitrogens with one attached hydrogen (secondary N) is 1. The Hall–Kier alpha value is -3.25. The number of hydrogen-bond donors (Lipinski definition) is 1. The van der Waals surface area contributed by atoms with Crippen LogP contribution >= 0.6 is 15.9 Å². The lowest BCUT2D eigenvalue weighted by molar-refractivity contribution is -0.120. The summed E-state index contributed by atoms with van der Waals surface area (Å²) in [6.45, 7) is 3.81. The third kappa shape index (κ3) is 3.66. The van der Waals surface area contributed by atoms with Gasteiger partial charge in [-0.25, -0.2) is 9.29 Å². The quantitative estimate of drug-likeness (QED) is 0.511. The van der Waals surface area contributed by atoms with Crippen LogP contribution in [0.1, 0.15) is 16.7 Å². The average molecular weight is 465 g/mol. The SMILES string of the molecule is Cc1ccc(N2C(=O)C(Nc3cccc(Br)c3)=C(c3ccc(F)cc3)C2=O)c(C)c1. The van der Waals surface area contributed by atoms with E-state index in [0.29, 0.717) is 16.9 Å². The molecule has 0 unspecified atom stereocenters. The molecule has 0 saturated heterocycles. The molecule has 0 fully saturated rings. The molecule has 0 bridgehead atoms. The summed E-state index contributed by atoms with van der Waals surface area (Å²) in [6, 6.07) is 18.4. The lowest BCUT2D eigenvalue weighted by Crippen LogP contribution is -2.33. The monoisotopic (exact) mass is 464 g/mol. The Morgan fingerprint density at radius 1 is 0.900 bits per heavy atom. The predicted octanol–water partition coefficient (Wildman–Crippen LogP) is 5.60. The first-order valence-corrected chi connectivity index (χ1v) is 10.1. The van der Waals surface area contributed by atoms with Crippen LogP contribution in [0.3, 0.4) is 0 Å². The Labute approximate surface area is 182 Å². The third-order valence-electron chi connectivity index (χ3n) is 4.90. The van der Waals surface area contributed by atoms with Crippen molar-refractivity contribution >= 4 is 44.7 Å². The van der Waals surface area contributed by atoms with Crippen molar-refractivity contribution in [2.75, 3.05) is 10.2 Å². The van der Waals surface area contributed by atoms with Gasteiger partial charge < -0.3 is 5.32 Å². The summed E-state index contributed by atoms with van der Waals surface area (Å²) in [4.78, 5) is 28.0. The fourth-order valence-electron chi connectivity index (χ4n) is 3.52. The minimum absolute atomic E-state index is 0.157. The molecular weight excluding hydrogens is 447 g/mol. The first-order chi connectivity index (χ1) is 14.3. The van der Waals surface area contributed by atoms with Crippen LogP contribution in [0.15, 0.2) is 76.9 Å². The Balaban J connectivity index is 1.84. The van der Waals surface area contributed by atoms with Gasteiger partial charge in [0.05, 0.1) is 11.3 Å². The van der Waals surface area contributed by atoms with Crippen molar-refractivity contribution in [3.05, 3.63) is 99.4 Å². The van der Waals surface area contributed by atoms with Crippen molar-refractivity contribution in [3.8, 4) is 0 Å². The molecule has 1 N–H and O–H groups in total. The summed E-state index contributed by atoms with van der Waals surface area (Å²) in [6.07, 6.45) is 0. The van der Waals surface area contributed by atoms with Gasteiger partial charge >= 0.3 is 0 Å². The number of halogens is 2. The molecule has 150 valence electrons. The van der Waals surface area contributed by atoms with Gasteiger partial charge in [-0.05, 0) is 61.4 Å². The molecule has 1 aliphatic heterocycles. The Morgan fingerprint density at radius 2 is 1.63 bits per heavy atom. The van der Waals surface area contributed by atoms with Gasteiger partial charge in [-0.15, -0.1) is 0 Å². The van der Waals surface area contributed by atoms with Crippen LogP contribution in [0, 0.1) is 19.7 Å². The van der Waals surface area contributed by atoms with Crippen molar-refractivity contribution in [1.29, 1.82) is 0 Å². The molecule has 0 atom stereocenters. The van der Waals surface area contributed by atoms with Crippen LogP contribution in [0.25, 0.3) is 5.57 Å². The minimum Gasteiger partial charge on any atom is -0.350 e. The molecule has 0 saturated carbocycles. The van der Waals surface area contributed by atoms with Crippen molar-refractivity contribution in [3.63, 3.8) is 0 Å². The molecular formula is C24H18BrFN2O2. The summed E-state index contributed by atoms with van der Waals surface area (Å²) in [5.74, 6) is -1.31. The van der Waals surface area contributed by atoms with Crippen LogP contribution in [0.2, 0.25) is 0 Å². The van der Waals surface area contributed by atoms with E-state index >= 15 is 0 Å². The molecule has 2 amide bonds.